The average molecular weight is 300 g/mol. The van der Waals surface area contributed by atoms with Gasteiger partial charge < -0.3 is 9.47 Å². The van der Waals surface area contributed by atoms with Crippen molar-refractivity contribution >= 4 is 23.2 Å². The van der Waals surface area contributed by atoms with E-state index in [9.17, 15) is 4.79 Å². The maximum atomic E-state index is 12.3. The van der Waals surface area contributed by atoms with Crippen LogP contribution in [-0.4, -0.2) is 31.2 Å². The van der Waals surface area contributed by atoms with Crippen LogP contribution in [0, 0.1) is 6.92 Å². The molecule has 20 heavy (non-hydrogen) atoms. The Morgan fingerprint density at radius 1 is 1.35 bits per heavy atom. The minimum Gasteiger partial charge on any atom is -0.495 e. The number of para-hydroxylation sites is 1. The van der Waals surface area contributed by atoms with Gasteiger partial charge in [-0.3, -0.25) is 9.69 Å². The van der Waals surface area contributed by atoms with Gasteiger partial charge in [0.1, 0.15) is 17.9 Å². The number of anilines is 1. The van der Waals surface area contributed by atoms with E-state index in [1.165, 1.54) is 4.90 Å². The number of ether oxygens (including phenoxy) is 2. The molecule has 1 amide bonds. The van der Waals surface area contributed by atoms with Crippen molar-refractivity contribution < 1.29 is 14.3 Å². The molecule has 0 aromatic heterocycles. The Labute approximate surface area is 125 Å². The van der Waals surface area contributed by atoms with E-state index in [2.05, 4.69) is 0 Å². The molecule has 0 N–H and O–H groups in total. The second-order valence-corrected chi connectivity index (χ2v) is 5.51. The predicted octanol–water partition coefficient (Wildman–Crippen LogP) is 3.35. The molecule has 0 aliphatic heterocycles. The van der Waals surface area contributed by atoms with Gasteiger partial charge >= 0.3 is 0 Å². The number of nitrogens with zero attached hydrogens (tertiary/aromatic N) is 1. The summed E-state index contributed by atoms with van der Waals surface area (Å²) in [5.74, 6) is 0.419. The summed E-state index contributed by atoms with van der Waals surface area (Å²) in [6.07, 6.45) is 0.0194. The van der Waals surface area contributed by atoms with Crippen molar-refractivity contribution in [3.05, 3.63) is 23.8 Å². The van der Waals surface area contributed by atoms with Gasteiger partial charge in [-0.05, 0) is 39.3 Å². The van der Waals surface area contributed by atoms with E-state index in [-0.39, 0.29) is 18.7 Å². The minimum atomic E-state index is -0.630. The predicted molar refractivity (Wildman–Crippen MR) is 81.6 cm³/mol. The summed E-state index contributed by atoms with van der Waals surface area (Å²) in [7, 11) is 1.58. The topological polar surface area (TPSA) is 38.8 Å². The molecule has 0 aliphatic rings. The lowest BCUT2D eigenvalue weighted by Gasteiger charge is -2.27. The van der Waals surface area contributed by atoms with Gasteiger partial charge in [0.2, 0.25) is 5.91 Å². The number of hydrogen-bond acceptors (Lipinski definition) is 3. The van der Waals surface area contributed by atoms with Crippen molar-refractivity contribution in [2.45, 2.75) is 39.2 Å². The molecular weight excluding hydrogens is 278 g/mol. The van der Waals surface area contributed by atoms with Crippen molar-refractivity contribution in [3.8, 4) is 5.75 Å². The number of alkyl halides is 1. The molecule has 4 nitrogen and oxygen atoms in total. The summed E-state index contributed by atoms with van der Waals surface area (Å²) < 4.78 is 10.9. The molecule has 112 valence electrons. The lowest BCUT2D eigenvalue weighted by Crippen LogP contribution is -2.39. The highest BCUT2D eigenvalue weighted by atomic mass is 35.5. The number of halogens is 1. The molecule has 0 aliphatic carbocycles. The van der Waals surface area contributed by atoms with E-state index in [1.54, 1.807) is 14.0 Å². The zero-order valence-electron chi connectivity index (χ0n) is 12.6. The monoisotopic (exact) mass is 299 g/mol. The fourth-order valence-electron chi connectivity index (χ4n) is 1.82. The van der Waals surface area contributed by atoms with Gasteiger partial charge in [-0.25, -0.2) is 0 Å². The van der Waals surface area contributed by atoms with Gasteiger partial charge in [0.05, 0.1) is 18.9 Å². The molecule has 5 heteroatoms. The quantitative estimate of drug-likeness (QED) is 0.597. The van der Waals surface area contributed by atoms with Gasteiger partial charge in [-0.2, -0.15) is 0 Å². The molecule has 0 fully saturated rings. The largest absolute Gasteiger partial charge is 0.495 e. The lowest BCUT2D eigenvalue weighted by atomic mass is 10.1. The summed E-state index contributed by atoms with van der Waals surface area (Å²) in [4.78, 5) is 13.9. The Bertz CT molecular complexity index is 460. The van der Waals surface area contributed by atoms with E-state index in [0.29, 0.717) is 11.4 Å². The van der Waals surface area contributed by atoms with Crippen LogP contribution >= 0.6 is 11.6 Å². The second kappa shape index (κ2) is 7.50. The number of carbonyl (C=O) groups excluding carboxylic acids is 1. The highest BCUT2D eigenvalue weighted by Crippen LogP contribution is 2.32. The van der Waals surface area contributed by atoms with Gasteiger partial charge in [0.25, 0.3) is 0 Å². The van der Waals surface area contributed by atoms with Gasteiger partial charge in [-0.15, -0.1) is 11.6 Å². The third-order valence-corrected chi connectivity index (χ3v) is 3.02. The molecule has 0 heterocycles. The van der Waals surface area contributed by atoms with E-state index in [0.717, 1.165) is 5.56 Å². The van der Waals surface area contributed by atoms with Crippen LogP contribution in [0.4, 0.5) is 5.69 Å². The third-order valence-electron chi connectivity index (χ3n) is 2.83. The standard InChI is InChI=1S/C15H22ClNO3/c1-10(2)20-9-17(15(18)12(4)16)14-11(3)7-6-8-13(14)19-5/h6-8,10,12H,9H2,1-5H3. The molecule has 0 saturated carbocycles. The van der Waals surface area contributed by atoms with Crippen molar-refractivity contribution in [2.75, 3.05) is 18.7 Å². The van der Waals surface area contributed by atoms with Crippen LogP contribution in [0.25, 0.3) is 0 Å². The first kappa shape index (κ1) is 16.8. The van der Waals surface area contributed by atoms with Crippen LogP contribution in [0.5, 0.6) is 5.75 Å². The highest BCUT2D eigenvalue weighted by molar-refractivity contribution is 6.32. The summed E-state index contributed by atoms with van der Waals surface area (Å²) in [5.41, 5.74) is 1.63. The molecular formula is C15H22ClNO3. The van der Waals surface area contributed by atoms with E-state index in [4.69, 9.17) is 21.1 Å². The average Bonchev–Trinajstić information content (AvgIpc) is 2.39. The number of carbonyl (C=O) groups is 1. The number of methoxy groups -OCH3 is 1. The van der Waals surface area contributed by atoms with E-state index in [1.807, 2.05) is 39.0 Å². The Balaban J connectivity index is 3.19. The van der Waals surface area contributed by atoms with E-state index < -0.39 is 5.38 Å². The number of aryl methyl sites for hydroxylation is 1. The normalized spacial score (nSPS) is 12.3. The summed E-state index contributed by atoms with van der Waals surface area (Å²) in [6.45, 7) is 7.56. The number of benzene rings is 1. The third kappa shape index (κ3) is 4.12. The van der Waals surface area contributed by atoms with Crippen molar-refractivity contribution in [1.82, 2.24) is 0 Å². The maximum absolute atomic E-state index is 12.3. The Morgan fingerprint density at radius 2 is 2.00 bits per heavy atom. The van der Waals surface area contributed by atoms with Crippen LogP contribution in [0.2, 0.25) is 0 Å². The van der Waals surface area contributed by atoms with Gasteiger partial charge in [-0.1, -0.05) is 12.1 Å². The lowest BCUT2D eigenvalue weighted by molar-refractivity contribution is -0.119. The van der Waals surface area contributed by atoms with Crippen molar-refractivity contribution in [3.63, 3.8) is 0 Å². The molecule has 1 atom stereocenters. The number of hydrogen-bond donors (Lipinski definition) is 0. The Hall–Kier alpha value is -1.26. The second-order valence-electron chi connectivity index (χ2n) is 4.85. The molecule has 0 spiro atoms. The molecule has 0 bridgehead atoms. The van der Waals surface area contributed by atoms with Crippen molar-refractivity contribution in [2.24, 2.45) is 0 Å². The molecule has 1 aromatic carbocycles. The maximum Gasteiger partial charge on any atom is 0.246 e. The Morgan fingerprint density at radius 3 is 2.50 bits per heavy atom. The molecule has 1 rings (SSSR count). The minimum absolute atomic E-state index is 0.0194. The summed E-state index contributed by atoms with van der Waals surface area (Å²) in [6, 6.07) is 5.62. The first-order chi connectivity index (χ1) is 9.38. The first-order valence-corrected chi connectivity index (χ1v) is 7.02. The van der Waals surface area contributed by atoms with Crippen LogP contribution in [-0.2, 0) is 9.53 Å². The fraction of sp³-hybridized carbons (Fsp3) is 0.533. The first-order valence-electron chi connectivity index (χ1n) is 6.59. The Kier molecular flexibility index (Phi) is 6.30. The number of amides is 1. The molecule has 1 aromatic rings. The zero-order valence-corrected chi connectivity index (χ0v) is 13.4. The fourth-order valence-corrected chi connectivity index (χ4v) is 1.94. The van der Waals surface area contributed by atoms with Crippen molar-refractivity contribution in [1.29, 1.82) is 0 Å². The van der Waals surface area contributed by atoms with Crippen LogP contribution in [0.1, 0.15) is 26.3 Å². The highest BCUT2D eigenvalue weighted by Gasteiger charge is 2.25. The zero-order chi connectivity index (χ0) is 15.3. The molecule has 0 saturated heterocycles. The molecule has 1 unspecified atom stereocenters. The van der Waals surface area contributed by atoms with Crippen LogP contribution < -0.4 is 9.64 Å². The SMILES string of the molecule is COc1cccc(C)c1N(COC(C)C)C(=O)C(C)Cl. The van der Waals surface area contributed by atoms with Gasteiger partial charge in [0.15, 0.2) is 0 Å². The summed E-state index contributed by atoms with van der Waals surface area (Å²) in [5, 5.41) is -0.630. The smallest absolute Gasteiger partial charge is 0.246 e. The van der Waals surface area contributed by atoms with Gasteiger partial charge in [0, 0.05) is 0 Å². The molecule has 0 radical (unpaired) electrons. The van der Waals surface area contributed by atoms with Crippen LogP contribution in [0.15, 0.2) is 18.2 Å². The number of rotatable bonds is 6. The summed E-state index contributed by atoms with van der Waals surface area (Å²) >= 11 is 5.95. The van der Waals surface area contributed by atoms with E-state index >= 15 is 0 Å². The van der Waals surface area contributed by atoms with Crippen LogP contribution in [0.3, 0.4) is 0 Å².